The van der Waals surface area contributed by atoms with E-state index >= 15 is 0 Å². The van der Waals surface area contributed by atoms with Gasteiger partial charge in [-0.15, -0.1) is 0 Å². The van der Waals surface area contributed by atoms with Gasteiger partial charge in [0, 0.05) is 6.61 Å². The van der Waals surface area contributed by atoms with Crippen LogP contribution in [0.25, 0.3) is 0 Å². The molecule has 0 saturated heterocycles. The number of aliphatic hydroxyl groups is 2. The highest BCUT2D eigenvalue weighted by Crippen LogP contribution is 2.59. The van der Waals surface area contributed by atoms with Crippen molar-refractivity contribution in [3.05, 3.63) is 0 Å². The molecule has 3 saturated carbocycles. The zero-order chi connectivity index (χ0) is 9.00. The maximum atomic E-state index is 9.76. The van der Waals surface area contributed by atoms with Crippen molar-refractivity contribution in [3.63, 3.8) is 0 Å². The van der Waals surface area contributed by atoms with Gasteiger partial charge < -0.3 is 10.2 Å². The first-order valence-electron chi connectivity index (χ1n) is 5.58. The Labute approximate surface area is 79.0 Å². The van der Waals surface area contributed by atoms with Crippen LogP contribution in [0.5, 0.6) is 0 Å². The second kappa shape index (κ2) is 2.71. The minimum absolute atomic E-state index is 0.0105. The van der Waals surface area contributed by atoms with Gasteiger partial charge in [-0.25, -0.2) is 0 Å². The minimum Gasteiger partial charge on any atom is -0.396 e. The van der Waals surface area contributed by atoms with E-state index in [1.807, 2.05) is 0 Å². The highest BCUT2D eigenvalue weighted by Gasteiger charge is 2.55. The smallest absolute Gasteiger partial charge is 0.0574 e. The van der Waals surface area contributed by atoms with Crippen molar-refractivity contribution in [2.45, 2.75) is 31.8 Å². The molecule has 13 heavy (non-hydrogen) atoms. The summed E-state index contributed by atoms with van der Waals surface area (Å²) in [6, 6.07) is 0. The van der Waals surface area contributed by atoms with Crippen LogP contribution < -0.4 is 0 Å². The van der Waals surface area contributed by atoms with Crippen LogP contribution in [0, 0.1) is 29.6 Å². The van der Waals surface area contributed by atoms with Crippen molar-refractivity contribution < 1.29 is 10.2 Å². The highest BCUT2D eigenvalue weighted by atomic mass is 16.3. The molecule has 0 aromatic carbocycles. The molecule has 0 aliphatic heterocycles. The van der Waals surface area contributed by atoms with E-state index in [1.165, 1.54) is 19.3 Å². The maximum absolute atomic E-state index is 9.76. The SMILES string of the molecule is OC[C@H]1C[C@H]2[C@@H](C1)[C@@H]1C[C@@H]2[C@H](O)C1. The minimum atomic E-state index is -0.0105. The average molecular weight is 182 g/mol. The molecule has 0 radical (unpaired) electrons. The summed E-state index contributed by atoms with van der Waals surface area (Å²) >= 11 is 0. The molecule has 0 aromatic rings. The molecule has 2 N–H and O–H groups in total. The van der Waals surface area contributed by atoms with Gasteiger partial charge in [-0.1, -0.05) is 0 Å². The first-order valence-corrected chi connectivity index (χ1v) is 5.58. The molecule has 0 heterocycles. The molecule has 6 atom stereocenters. The van der Waals surface area contributed by atoms with E-state index in [4.69, 9.17) is 5.11 Å². The number of aliphatic hydroxyl groups excluding tert-OH is 2. The van der Waals surface area contributed by atoms with Gasteiger partial charge in [0.2, 0.25) is 0 Å². The molecule has 2 bridgehead atoms. The molecule has 0 spiro atoms. The quantitative estimate of drug-likeness (QED) is 0.635. The second-order valence-corrected chi connectivity index (χ2v) is 5.31. The van der Waals surface area contributed by atoms with Gasteiger partial charge in [0.05, 0.1) is 6.10 Å². The number of fused-ring (bicyclic) bond motifs is 5. The summed E-state index contributed by atoms with van der Waals surface area (Å²) in [5, 5.41) is 18.9. The van der Waals surface area contributed by atoms with E-state index in [2.05, 4.69) is 0 Å². The topological polar surface area (TPSA) is 40.5 Å². The molecular formula is C11H18O2. The molecule has 0 amide bonds. The zero-order valence-electron chi connectivity index (χ0n) is 7.89. The summed E-state index contributed by atoms with van der Waals surface area (Å²) < 4.78 is 0. The van der Waals surface area contributed by atoms with E-state index in [0.717, 1.165) is 24.2 Å². The van der Waals surface area contributed by atoms with Gasteiger partial charge in [-0.2, -0.15) is 0 Å². The van der Waals surface area contributed by atoms with Gasteiger partial charge in [-0.05, 0) is 55.3 Å². The number of rotatable bonds is 1. The number of hydrogen-bond acceptors (Lipinski definition) is 2. The van der Waals surface area contributed by atoms with Crippen LogP contribution in [-0.4, -0.2) is 22.9 Å². The normalized spacial score (nSPS) is 58.6. The predicted octanol–water partition coefficient (Wildman–Crippen LogP) is 1.02. The predicted molar refractivity (Wildman–Crippen MR) is 49.0 cm³/mol. The van der Waals surface area contributed by atoms with Gasteiger partial charge in [0.1, 0.15) is 0 Å². The van der Waals surface area contributed by atoms with Gasteiger partial charge in [0.15, 0.2) is 0 Å². The van der Waals surface area contributed by atoms with E-state index in [9.17, 15) is 5.11 Å². The Morgan fingerprint density at radius 3 is 2.46 bits per heavy atom. The molecule has 2 nitrogen and oxygen atoms in total. The zero-order valence-corrected chi connectivity index (χ0v) is 7.89. The Kier molecular flexibility index (Phi) is 1.72. The van der Waals surface area contributed by atoms with Crippen LogP contribution in [-0.2, 0) is 0 Å². The largest absolute Gasteiger partial charge is 0.396 e. The Morgan fingerprint density at radius 2 is 1.69 bits per heavy atom. The molecule has 0 aromatic heterocycles. The average Bonchev–Trinajstić information content (AvgIpc) is 2.71. The van der Waals surface area contributed by atoms with Crippen molar-refractivity contribution in [2.75, 3.05) is 6.61 Å². The second-order valence-electron chi connectivity index (χ2n) is 5.31. The van der Waals surface area contributed by atoms with Crippen LogP contribution in [0.15, 0.2) is 0 Å². The highest BCUT2D eigenvalue weighted by molar-refractivity contribution is 5.04. The van der Waals surface area contributed by atoms with Crippen LogP contribution in [0.3, 0.4) is 0 Å². The van der Waals surface area contributed by atoms with Crippen molar-refractivity contribution in [2.24, 2.45) is 29.6 Å². The lowest BCUT2D eigenvalue weighted by atomic mass is 9.80. The monoisotopic (exact) mass is 182 g/mol. The molecule has 2 heteroatoms. The lowest BCUT2D eigenvalue weighted by molar-refractivity contribution is 0.0638. The first kappa shape index (κ1) is 8.25. The van der Waals surface area contributed by atoms with Gasteiger partial charge in [0.25, 0.3) is 0 Å². The number of hydrogen-bond donors (Lipinski definition) is 2. The summed E-state index contributed by atoms with van der Waals surface area (Å²) in [5.74, 6) is 3.54. The fraction of sp³-hybridized carbons (Fsp3) is 1.00. The first-order chi connectivity index (χ1) is 6.29. The third kappa shape index (κ3) is 1.02. The van der Waals surface area contributed by atoms with Crippen molar-refractivity contribution in [1.82, 2.24) is 0 Å². The summed E-state index contributed by atoms with van der Waals surface area (Å²) in [5.41, 5.74) is 0. The fourth-order valence-electron chi connectivity index (χ4n) is 4.30. The van der Waals surface area contributed by atoms with E-state index in [1.54, 1.807) is 0 Å². The molecule has 3 rings (SSSR count). The lowest BCUT2D eigenvalue weighted by Gasteiger charge is -2.28. The standard InChI is InChI=1S/C11H18O2/c12-5-6-1-8-7-3-10(9(8)2-6)11(13)4-7/h6-13H,1-5H2/t6-,7-,8+,9+,10+,11-/m1/s1. The molecule has 3 fully saturated rings. The van der Waals surface area contributed by atoms with E-state index < -0.39 is 0 Å². The maximum Gasteiger partial charge on any atom is 0.0574 e. The fourth-order valence-corrected chi connectivity index (χ4v) is 4.30. The van der Waals surface area contributed by atoms with Crippen molar-refractivity contribution in [3.8, 4) is 0 Å². The molecule has 3 aliphatic rings. The summed E-state index contributed by atoms with van der Waals surface area (Å²) in [6.45, 7) is 0.364. The van der Waals surface area contributed by atoms with Crippen molar-refractivity contribution in [1.29, 1.82) is 0 Å². The Balaban J connectivity index is 1.79. The lowest BCUT2D eigenvalue weighted by Crippen LogP contribution is -2.27. The molecule has 3 aliphatic carbocycles. The summed E-state index contributed by atoms with van der Waals surface area (Å²) in [7, 11) is 0. The Hall–Kier alpha value is -0.0800. The third-order valence-electron chi connectivity index (χ3n) is 4.79. The van der Waals surface area contributed by atoms with Gasteiger partial charge >= 0.3 is 0 Å². The van der Waals surface area contributed by atoms with Crippen molar-refractivity contribution >= 4 is 0 Å². The third-order valence-corrected chi connectivity index (χ3v) is 4.79. The van der Waals surface area contributed by atoms with Crippen LogP contribution in [0.2, 0.25) is 0 Å². The Bertz CT molecular complexity index is 216. The van der Waals surface area contributed by atoms with Gasteiger partial charge in [-0.3, -0.25) is 0 Å². The Morgan fingerprint density at radius 1 is 0.923 bits per heavy atom. The molecule has 74 valence electrons. The van der Waals surface area contributed by atoms with E-state index in [-0.39, 0.29) is 6.10 Å². The molecular weight excluding hydrogens is 164 g/mol. The van der Waals surface area contributed by atoms with Crippen LogP contribution in [0.4, 0.5) is 0 Å². The van der Waals surface area contributed by atoms with Crippen LogP contribution >= 0.6 is 0 Å². The summed E-state index contributed by atoms with van der Waals surface area (Å²) in [4.78, 5) is 0. The molecule has 0 unspecified atom stereocenters. The van der Waals surface area contributed by atoms with Crippen LogP contribution in [0.1, 0.15) is 25.7 Å². The van der Waals surface area contributed by atoms with E-state index in [0.29, 0.717) is 18.4 Å². The summed E-state index contributed by atoms with van der Waals surface area (Å²) in [6.07, 6.45) is 4.72.